The minimum atomic E-state index is -0.394. The van der Waals surface area contributed by atoms with E-state index in [1.807, 2.05) is 5.38 Å². The van der Waals surface area contributed by atoms with Crippen LogP contribution in [0.15, 0.2) is 11.6 Å². The number of hydrogen-bond donors (Lipinski definition) is 1. The summed E-state index contributed by atoms with van der Waals surface area (Å²) in [5, 5.41) is 2.79. The Hall–Kier alpha value is -1.14. The molecular weight excluding hydrogens is 202 g/mol. The summed E-state index contributed by atoms with van der Waals surface area (Å²) in [6.45, 7) is 1.59. The first kappa shape index (κ1) is 9.42. The summed E-state index contributed by atoms with van der Waals surface area (Å²) in [5.74, 6) is 0. The van der Waals surface area contributed by atoms with Gasteiger partial charge in [0.1, 0.15) is 11.1 Å². The van der Waals surface area contributed by atoms with Crippen molar-refractivity contribution in [2.24, 2.45) is 5.73 Å². The zero-order chi connectivity index (χ0) is 9.97. The monoisotopic (exact) mass is 213 g/mol. The Kier molecular flexibility index (Phi) is 2.64. The molecule has 1 aliphatic heterocycles. The highest BCUT2D eigenvalue weighted by Gasteiger charge is 2.25. The van der Waals surface area contributed by atoms with Gasteiger partial charge < -0.3 is 15.4 Å². The predicted molar refractivity (Wildman–Crippen MR) is 52.0 cm³/mol. The van der Waals surface area contributed by atoms with Crippen LogP contribution in [-0.2, 0) is 4.74 Å². The van der Waals surface area contributed by atoms with Crippen molar-refractivity contribution >= 4 is 17.4 Å². The summed E-state index contributed by atoms with van der Waals surface area (Å²) in [7, 11) is 0. The third-order valence-corrected chi connectivity index (χ3v) is 2.97. The zero-order valence-electron chi connectivity index (χ0n) is 7.55. The largest absolute Gasteiger partial charge is 0.367 e. The molecule has 1 fully saturated rings. The molecule has 1 saturated heterocycles. The van der Waals surface area contributed by atoms with E-state index < -0.39 is 6.03 Å². The molecule has 14 heavy (non-hydrogen) atoms. The van der Waals surface area contributed by atoms with Crippen LogP contribution in [0.25, 0.3) is 0 Å². The molecule has 0 spiro atoms. The molecule has 1 atom stereocenters. The van der Waals surface area contributed by atoms with Crippen LogP contribution in [0.3, 0.4) is 0 Å². The third kappa shape index (κ3) is 1.85. The molecule has 1 unspecified atom stereocenters. The number of ether oxygens (including phenoxy) is 1. The molecule has 6 heteroatoms. The molecule has 0 radical (unpaired) electrons. The SMILES string of the molecule is NC(=O)N1CCOC(c2nccs2)C1. The minimum absolute atomic E-state index is 0.115. The van der Waals surface area contributed by atoms with Crippen LogP contribution in [0, 0.1) is 0 Å². The van der Waals surface area contributed by atoms with E-state index in [2.05, 4.69) is 4.98 Å². The van der Waals surface area contributed by atoms with Crippen LogP contribution in [0.5, 0.6) is 0 Å². The first-order chi connectivity index (χ1) is 6.77. The molecule has 2 amide bonds. The van der Waals surface area contributed by atoms with Crippen molar-refractivity contribution in [3.05, 3.63) is 16.6 Å². The molecule has 5 nitrogen and oxygen atoms in total. The number of nitrogens with zero attached hydrogens (tertiary/aromatic N) is 2. The lowest BCUT2D eigenvalue weighted by Gasteiger charge is -2.30. The first-order valence-corrected chi connectivity index (χ1v) is 5.20. The number of thiazole rings is 1. The molecule has 2 N–H and O–H groups in total. The second-order valence-electron chi connectivity index (χ2n) is 3.01. The number of aromatic nitrogens is 1. The summed E-state index contributed by atoms with van der Waals surface area (Å²) in [5.41, 5.74) is 5.20. The molecule has 76 valence electrons. The summed E-state index contributed by atoms with van der Waals surface area (Å²) in [4.78, 5) is 16.7. The number of rotatable bonds is 1. The van der Waals surface area contributed by atoms with Gasteiger partial charge in [0.2, 0.25) is 0 Å². The molecule has 1 aromatic rings. The maximum absolute atomic E-state index is 10.9. The number of carbonyl (C=O) groups excluding carboxylic acids is 1. The molecular formula is C8H11N3O2S. The lowest BCUT2D eigenvalue weighted by molar-refractivity contribution is -0.0142. The second kappa shape index (κ2) is 3.93. The minimum Gasteiger partial charge on any atom is -0.367 e. The Morgan fingerprint density at radius 2 is 2.64 bits per heavy atom. The maximum Gasteiger partial charge on any atom is 0.314 e. The van der Waals surface area contributed by atoms with Gasteiger partial charge in [-0.1, -0.05) is 0 Å². The first-order valence-electron chi connectivity index (χ1n) is 4.33. The Morgan fingerprint density at radius 1 is 1.79 bits per heavy atom. The predicted octanol–water partition coefficient (Wildman–Crippen LogP) is 0.595. The number of hydrogen-bond acceptors (Lipinski definition) is 4. The molecule has 0 bridgehead atoms. The second-order valence-corrected chi connectivity index (χ2v) is 3.94. The van der Waals surface area contributed by atoms with Crippen LogP contribution >= 0.6 is 11.3 Å². The fraction of sp³-hybridized carbons (Fsp3) is 0.500. The van der Waals surface area contributed by atoms with E-state index in [1.54, 1.807) is 11.1 Å². The maximum atomic E-state index is 10.9. The highest BCUT2D eigenvalue weighted by molar-refractivity contribution is 7.09. The topological polar surface area (TPSA) is 68.5 Å². The van der Waals surface area contributed by atoms with Gasteiger partial charge in [0.15, 0.2) is 0 Å². The van der Waals surface area contributed by atoms with Crippen LogP contribution < -0.4 is 5.73 Å². The molecule has 0 saturated carbocycles. The Bertz CT molecular complexity index is 314. The standard InChI is InChI=1S/C8H11N3O2S/c9-8(12)11-2-3-13-6(5-11)7-10-1-4-14-7/h1,4,6H,2-3,5H2,(H2,9,12). The molecule has 0 aliphatic carbocycles. The van der Waals surface area contributed by atoms with Gasteiger partial charge in [0, 0.05) is 18.1 Å². The third-order valence-electron chi connectivity index (χ3n) is 2.10. The molecule has 1 aliphatic rings. The Morgan fingerprint density at radius 3 is 3.29 bits per heavy atom. The van der Waals surface area contributed by atoms with Crippen LogP contribution in [0.2, 0.25) is 0 Å². The Balaban J connectivity index is 2.04. The van der Waals surface area contributed by atoms with E-state index in [1.165, 1.54) is 11.3 Å². The quantitative estimate of drug-likeness (QED) is 0.742. The average molecular weight is 213 g/mol. The number of primary amides is 1. The van der Waals surface area contributed by atoms with Gasteiger partial charge in [-0.25, -0.2) is 9.78 Å². The van der Waals surface area contributed by atoms with E-state index in [-0.39, 0.29) is 6.10 Å². The number of nitrogens with two attached hydrogens (primary N) is 1. The molecule has 1 aromatic heterocycles. The van der Waals surface area contributed by atoms with Gasteiger partial charge in [-0.15, -0.1) is 11.3 Å². The number of urea groups is 1. The van der Waals surface area contributed by atoms with Gasteiger partial charge in [0.25, 0.3) is 0 Å². The van der Waals surface area contributed by atoms with Crippen molar-refractivity contribution in [1.29, 1.82) is 0 Å². The summed E-state index contributed by atoms with van der Waals surface area (Å²) in [6, 6.07) is -0.394. The fourth-order valence-corrected chi connectivity index (χ4v) is 2.07. The lowest BCUT2D eigenvalue weighted by atomic mass is 10.3. The van der Waals surface area contributed by atoms with Crippen molar-refractivity contribution in [2.75, 3.05) is 19.7 Å². The Labute approximate surface area is 85.5 Å². The van der Waals surface area contributed by atoms with Crippen molar-refractivity contribution in [2.45, 2.75) is 6.10 Å². The molecule has 0 aromatic carbocycles. The number of morpholine rings is 1. The van der Waals surface area contributed by atoms with Crippen molar-refractivity contribution in [3.8, 4) is 0 Å². The smallest absolute Gasteiger partial charge is 0.314 e. The molecule has 2 heterocycles. The summed E-state index contributed by atoms with van der Waals surface area (Å²) >= 11 is 1.53. The van der Waals surface area contributed by atoms with Crippen LogP contribution in [-0.4, -0.2) is 35.6 Å². The highest BCUT2D eigenvalue weighted by Crippen LogP contribution is 2.23. The lowest BCUT2D eigenvalue weighted by Crippen LogP contribution is -2.44. The zero-order valence-corrected chi connectivity index (χ0v) is 8.37. The number of amides is 2. The number of carbonyl (C=O) groups is 1. The van der Waals surface area contributed by atoms with Crippen molar-refractivity contribution in [1.82, 2.24) is 9.88 Å². The summed E-state index contributed by atoms with van der Waals surface area (Å²) < 4.78 is 5.50. The normalized spacial score (nSPS) is 22.3. The van der Waals surface area contributed by atoms with Gasteiger partial charge in [-0.05, 0) is 0 Å². The van der Waals surface area contributed by atoms with Gasteiger partial charge in [-0.3, -0.25) is 0 Å². The fourth-order valence-electron chi connectivity index (χ4n) is 1.39. The van der Waals surface area contributed by atoms with Crippen LogP contribution in [0.4, 0.5) is 4.79 Å². The summed E-state index contributed by atoms with van der Waals surface area (Å²) in [6.07, 6.45) is 1.61. The van der Waals surface area contributed by atoms with Gasteiger partial charge in [-0.2, -0.15) is 0 Å². The molecule has 2 rings (SSSR count). The van der Waals surface area contributed by atoms with Gasteiger partial charge >= 0.3 is 6.03 Å². The van der Waals surface area contributed by atoms with Gasteiger partial charge in [0.05, 0.1) is 13.2 Å². The van der Waals surface area contributed by atoms with Crippen molar-refractivity contribution in [3.63, 3.8) is 0 Å². The van der Waals surface area contributed by atoms with E-state index in [0.717, 1.165) is 5.01 Å². The highest BCUT2D eigenvalue weighted by atomic mass is 32.1. The van der Waals surface area contributed by atoms with E-state index >= 15 is 0 Å². The van der Waals surface area contributed by atoms with E-state index in [4.69, 9.17) is 10.5 Å². The average Bonchev–Trinajstić information content (AvgIpc) is 2.71. The van der Waals surface area contributed by atoms with Crippen LogP contribution in [0.1, 0.15) is 11.1 Å². The van der Waals surface area contributed by atoms with Crippen molar-refractivity contribution < 1.29 is 9.53 Å². The van der Waals surface area contributed by atoms with E-state index in [0.29, 0.717) is 19.7 Å². The van der Waals surface area contributed by atoms with E-state index in [9.17, 15) is 4.79 Å².